The Morgan fingerprint density at radius 1 is 1.42 bits per heavy atom. The number of hydrogen-bond donors (Lipinski definition) is 2. The number of thiazole rings is 1. The second kappa shape index (κ2) is 7.38. The lowest BCUT2D eigenvalue weighted by molar-refractivity contribution is -0.117. The summed E-state index contributed by atoms with van der Waals surface area (Å²) in [7, 11) is 1.78. The van der Waals surface area contributed by atoms with E-state index in [9.17, 15) is 9.18 Å². The molecular weight excluding hydrogens is 446 g/mol. The molecule has 5 rings (SSSR count). The Morgan fingerprint density at radius 2 is 2.19 bits per heavy atom. The maximum Gasteiger partial charge on any atom is 0.232 e. The Morgan fingerprint density at radius 3 is 2.90 bits per heavy atom. The SMILES string of the molecule is CCN(C)c1c(F)c(Cl)c(-c2ccc3nc(NC(=O)[C@@H]4C[C@@H]4F)sc3n2)c2cn[nH]c12. The van der Waals surface area contributed by atoms with Gasteiger partial charge >= 0.3 is 0 Å². The summed E-state index contributed by atoms with van der Waals surface area (Å²) in [6.07, 6.45) is 0.756. The summed E-state index contributed by atoms with van der Waals surface area (Å²) in [5, 5.41) is 10.5. The first-order chi connectivity index (χ1) is 14.9. The summed E-state index contributed by atoms with van der Waals surface area (Å²) < 4.78 is 28.3. The molecule has 1 fully saturated rings. The van der Waals surface area contributed by atoms with E-state index in [4.69, 9.17) is 11.6 Å². The number of anilines is 2. The van der Waals surface area contributed by atoms with Crippen LogP contribution in [0.4, 0.5) is 19.6 Å². The molecule has 0 spiro atoms. The highest BCUT2D eigenvalue weighted by molar-refractivity contribution is 7.22. The number of carbonyl (C=O) groups is 1. The predicted molar refractivity (Wildman–Crippen MR) is 118 cm³/mol. The molecular formula is C20H17ClF2N6OS. The lowest BCUT2D eigenvalue weighted by atomic mass is 10.0. The van der Waals surface area contributed by atoms with Crippen molar-refractivity contribution in [3.63, 3.8) is 0 Å². The van der Waals surface area contributed by atoms with E-state index in [0.29, 0.717) is 49.9 Å². The number of benzene rings is 1. The second-order valence-electron chi connectivity index (χ2n) is 7.41. The van der Waals surface area contributed by atoms with Crippen molar-refractivity contribution >= 4 is 60.9 Å². The van der Waals surface area contributed by atoms with E-state index in [2.05, 4.69) is 25.5 Å². The Labute approximate surface area is 184 Å². The van der Waals surface area contributed by atoms with Gasteiger partial charge in [-0.05, 0) is 25.5 Å². The van der Waals surface area contributed by atoms with Crippen molar-refractivity contribution in [1.82, 2.24) is 20.2 Å². The van der Waals surface area contributed by atoms with Crippen molar-refractivity contribution < 1.29 is 13.6 Å². The van der Waals surface area contributed by atoms with E-state index in [-0.39, 0.29) is 17.4 Å². The zero-order valence-electron chi connectivity index (χ0n) is 16.5. The molecule has 1 amide bonds. The van der Waals surface area contributed by atoms with Crippen LogP contribution in [-0.4, -0.2) is 45.8 Å². The number of nitrogens with one attached hydrogen (secondary N) is 2. The quantitative estimate of drug-likeness (QED) is 0.445. The molecule has 3 heterocycles. The highest BCUT2D eigenvalue weighted by Crippen LogP contribution is 2.42. The molecule has 0 radical (unpaired) electrons. The van der Waals surface area contributed by atoms with Crippen molar-refractivity contribution in [2.45, 2.75) is 19.5 Å². The molecule has 1 aliphatic carbocycles. The smallest absolute Gasteiger partial charge is 0.232 e. The van der Waals surface area contributed by atoms with Crippen LogP contribution in [0, 0.1) is 11.7 Å². The maximum atomic E-state index is 15.2. The Balaban J connectivity index is 1.58. The van der Waals surface area contributed by atoms with E-state index in [1.165, 1.54) is 0 Å². The molecule has 0 unspecified atom stereocenters. The fourth-order valence-corrected chi connectivity index (χ4v) is 4.64. The average molecular weight is 463 g/mol. The number of H-pyrrole nitrogens is 1. The van der Waals surface area contributed by atoms with Crippen LogP contribution in [0.3, 0.4) is 0 Å². The first-order valence-electron chi connectivity index (χ1n) is 9.67. The summed E-state index contributed by atoms with van der Waals surface area (Å²) in [6.45, 7) is 2.50. The van der Waals surface area contributed by atoms with Crippen LogP contribution in [0.15, 0.2) is 18.3 Å². The van der Waals surface area contributed by atoms with Gasteiger partial charge in [-0.25, -0.2) is 18.7 Å². The van der Waals surface area contributed by atoms with Crippen LogP contribution < -0.4 is 10.2 Å². The van der Waals surface area contributed by atoms with Crippen molar-refractivity contribution in [1.29, 1.82) is 0 Å². The lowest BCUT2D eigenvalue weighted by Crippen LogP contribution is -2.18. The van der Waals surface area contributed by atoms with Gasteiger partial charge in [-0.3, -0.25) is 9.89 Å². The fraction of sp³-hybridized carbons (Fsp3) is 0.300. The summed E-state index contributed by atoms with van der Waals surface area (Å²) >= 11 is 7.63. The predicted octanol–water partition coefficient (Wildman–Crippen LogP) is 4.78. The van der Waals surface area contributed by atoms with E-state index in [1.807, 2.05) is 6.92 Å². The van der Waals surface area contributed by atoms with Crippen LogP contribution in [0.25, 0.3) is 32.5 Å². The van der Waals surface area contributed by atoms with Crippen molar-refractivity contribution in [3.8, 4) is 11.3 Å². The molecule has 11 heteroatoms. The number of hydrogen-bond acceptors (Lipinski definition) is 6. The van der Waals surface area contributed by atoms with E-state index in [1.54, 1.807) is 30.3 Å². The molecule has 7 nitrogen and oxygen atoms in total. The van der Waals surface area contributed by atoms with E-state index >= 15 is 4.39 Å². The third-order valence-electron chi connectivity index (χ3n) is 5.41. The van der Waals surface area contributed by atoms with Gasteiger partial charge in [0.2, 0.25) is 5.91 Å². The normalized spacial score (nSPS) is 18.0. The number of alkyl halides is 1. The summed E-state index contributed by atoms with van der Waals surface area (Å²) in [5.41, 5.74) is 2.33. The number of rotatable bonds is 5. The van der Waals surface area contributed by atoms with Gasteiger partial charge in [0, 0.05) is 24.5 Å². The zero-order valence-corrected chi connectivity index (χ0v) is 18.1. The van der Waals surface area contributed by atoms with Gasteiger partial charge in [-0.1, -0.05) is 22.9 Å². The number of nitrogens with zero attached hydrogens (tertiary/aromatic N) is 4. The number of halogens is 3. The van der Waals surface area contributed by atoms with Crippen molar-refractivity contribution in [2.24, 2.45) is 5.92 Å². The highest BCUT2D eigenvalue weighted by atomic mass is 35.5. The van der Waals surface area contributed by atoms with E-state index < -0.39 is 17.9 Å². The number of aromatic nitrogens is 4. The topological polar surface area (TPSA) is 86.8 Å². The second-order valence-corrected chi connectivity index (χ2v) is 8.77. The molecule has 2 N–H and O–H groups in total. The Hall–Kier alpha value is -2.85. The molecule has 3 aromatic heterocycles. The molecule has 1 saturated carbocycles. The van der Waals surface area contributed by atoms with Crippen LogP contribution in [-0.2, 0) is 4.79 Å². The van der Waals surface area contributed by atoms with Gasteiger partial charge in [0.25, 0.3) is 0 Å². The van der Waals surface area contributed by atoms with Gasteiger partial charge in [0.05, 0.1) is 28.3 Å². The first kappa shape index (κ1) is 20.1. The highest BCUT2D eigenvalue weighted by Gasteiger charge is 2.43. The summed E-state index contributed by atoms with van der Waals surface area (Å²) in [4.78, 5) is 23.2. The number of amides is 1. The fourth-order valence-electron chi connectivity index (χ4n) is 3.51. The summed E-state index contributed by atoms with van der Waals surface area (Å²) in [5.74, 6) is -1.54. The minimum absolute atomic E-state index is 0.0446. The molecule has 0 aliphatic heterocycles. The molecule has 4 aromatic rings. The number of fused-ring (bicyclic) bond motifs is 2. The standard InChI is InChI=1S/C20H17ClF2N6OS/c1-3-29(2)17-15(23)14(21)13(9-7-24-28-16(9)17)11-4-5-12-19(25-11)31-20(26-12)27-18(30)8-6-10(8)22/h4-5,7-8,10H,3,6H2,1-2H3,(H,24,28)(H,26,27,30)/t8-,10+/m1/s1. The average Bonchev–Trinajstić information content (AvgIpc) is 3.12. The van der Waals surface area contributed by atoms with Crippen molar-refractivity contribution in [2.75, 3.05) is 23.8 Å². The number of pyridine rings is 1. The van der Waals surface area contributed by atoms with Gasteiger partial charge < -0.3 is 10.2 Å². The van der Waals surface area contributed by atoms with Gasteiger partial charge in [-0.2, -0.15) is 5.10 Å². The Bertz CT molecular complexity index is 1340. The number of carbonyl (C=O) groups excluding carboxylic acids is 1. The van der Waals surface area contributed by atoms with Gasteiger partial charge in [0.15, 0.2) is 10.9 Å². The zero-order chi connectivity index (χ0) is 21.9. The van der Waals surface area contributed by atoms with Crippen LogP contribution in [0.2, 0.25) is 5.02 Å². The largest absolute Gasteiger partial charge is 0.371 e. The monoisotopic (exact) mass is 462 g/mol. The molecule has 2 atom stereocenters. The minimum Gasteiger partial charge on any atom is -0.371 e. The third kappa shape index (κ3) is 3.30. The number of aromatic amines is 1. The molecule has 31 heavy (non-hydrogen) atoms. The van der Waals surface area contributed by atoms with Crippen LogP contribution in [0.1, 0.15) is 13.3 Å². The van der Waals surface area contributed by atoms with E-state index in [0.717, 1.165) is 11.3 Å². The molecule has 0 bridgehead atoms. The molecule has 1 aromatic carbocycles. The lowest BCUT2D eigenvalue weighted by Gasteiger charge is -2.20. The summed E-state index contributed by atoms with van der Waals surface area (Å²) in [6, 6.07) is 3.42. The molecule has 0 saturated heterocycles. The van der Waals surface area contributed by atoms with Crippen LogP contribution >= 0.6 is 22.9 Å². The van der Waals surface area contributed by atoms with Gasteiger partial charge in [0.1, 0.15) is 22.2 Å². The third-order valence-corrected chi connectivity index (χ3v) is 6.65. The van der Waals surface area contributed by atoms with Gasteiger partial charge in [-0.15, -0.1) is 0 Å². The Kier molecular flexibility index (Phi) is 4.78. The minimum atomic E-state index is -1.08. The maximum absolute atomic E-state index is 15.2. The van der Waals surface area contributed by atoms with Crippen LogP contribution in [0.5, 0.6) is 0 Å². The first-order valence-corrected chi connectivity index (χ1v) is 10.9. The molecule has 1 aliphatic rings. The molecule has 160 valence electrons. The van der Waals surface area contributed by atoms with Crippen molar-refractivity contribution in [3.05, 3.63) is 29.2 Å².